The summed E-state index contributed by atoms with van der Waals surface area (Å²) in [6, 6.07) is 10.5. The molecule has 0 spiro atoms. The van der Waals surface area contributed by atoms with Crippen LogP contribution < -0.4 is 4.74 Å². The summed E-state index contributed by atoms with van der Waals surface area (Å²) in [5, 5.41) is 9.45. The second kappa shape index (κ2) is 5.46. The average Bonchev–Trinajstić information content (AvgIpc) is 2.40. The van der Waals surface area contributed by atoms with Crippen LogP contribution in [0.4, 0.5) is 0 Å². The van der Waals surface area contributed by atoms with Crippen molar-refractivity contribution in [3.8, 4) is 11.8 Å². The van der Waals surface area contributed by atoms with E-state index < -0.39 is 0 Å². The van der Waals surface area contributed by atoms with Gasteiger partial charge in [0.25, 0.3) is 0 Å². The molecule has 0 atom stereocenters. The van der Waals surface area contributed by atoms with Gasteiger partial charge >= 0.3 is 0 Å². The van der Waals surface area contributed by atoms with Crippen molar-refractivity contribution in [3.63, 3.8) is 0 Å². The number of hydrogen-bond acceptors (Lipinski definition) is 3. The molecule has 1 aliphatic carbocycles. The highest BCUT2D eigenvalue weighted by atomic mass is 32.2. The smallest absolute Gasteiger partial charge is 0.132 e. The maximum Gasteiger partial charge on any atom is 0.132 e. The predicted octanol–water partition coefficient (Wildman–Crippen LogP) is 4.01. The van der Waals surface area contributed by atoms with Crippen LogP contribution in [0.25, 0.3) is 0 Å². The molecule has 1 saturated carbocycles. The Bertz CT molecular complexity index is 418. The van der Waals surface area contributed by atoms with Crippen LogP contribution in [-0.4, -0.2) is 11.9 Å². The van der Waals surface area contributed by atoms with Crippen LogP contribution in [0, 0.1) is 11.3 Å². The molecule has 0 radical (unpaired) electrons. The van der Waals surface area contributed by atoms with Crippen LogP contribution in [0.15, 0.2) is 29.2 Å². The second-order valence-corrected chi connectivity index (χ2v) is 5.85. The van der Waals surface area contributed by atoms with Gasteiger partial charge in [0.15, 0.2) is 0 Å². The quantitative estimate of drug-likeness (QED) is 0.809. The van der Waals surface area contributed by atoms with Crippen molar-refractivity contribution >= 4 is 11.8 Å². The minimum absolute atomic E-state index is 0.243. The van der Waals surface area contributed by atoms with E-state index in [0.29, 0.717) is 0 Å². The Balaban J connectivity index is 2.21. The molecule has 0 saturated heterocycles. The SMILES string of the molecule is COc1ccccc1SC1(C#N)CCCCC1. The minimum atomic E-state index is -0.243. The largest absolute Gasteiger partial charge is 0.496 e. The van der Waals surface area contributed by atoms with Gasteiger partial charge in [0, 0.05) is 0 Å². The first kappa shape index (κ1) is 12.3. The Labute approximate surface area is 107 Å². The van der Waals surface area contributed by atoms with E-state index in [1.165, 1.54) is 6.42 Å². The van der Waals surface area contributed by atoms with E-state index in [9.17, 15) is 5.26 Å². The molecule has 0 aromatic heterocycles. The number of benzene rings is 1. The van der Waals surface area contributed by atoms with Crippen molar-refractivity contribution in [1.82, 2.24) is 0 Å². The zero-order chi connectivity index (χ0) is 12.1. The molecule has 1 aliphatic rings. The molecule has 0 aliphatic heterocycles. The third kappa shape index (κ3) is 2.76. The van der Waals surface area contributed by atoms with Crippen LogP contribution in [0.3, 0.4) is 0 Å². The van der Waals surface area contributed by atoms with E-state index in [-0.39, 0.29) is 4.75 Å². The van der Waals surface area contributed by atoms with Crippen molar-refractivity contribution in [2.24, 2.45) is 0 Å². The average molecular weight is 247 g/mol. The number of nitrogens with zero attached hydrogens (tertiary/aromatic N) is 1. The third-order valence-corrected chi connectivity index (χ3v) is 4.69. The predicted molar refractivity (Wildman–Crippen MR) is 70.3 cm³/mol. The number of rotatable bonds is 3. The van der Waals surface area contributed by atoms with Gasteiger partial charge in [-0.2, -0.15) is 5.26 Å². The molecule has 0 N–H and O–H groups in total. The highest BCUT2D eigenvalue weighted by Crippen LogP contribution is 2.45. The molecule has 1 aromatic rings. The van der Waals surface area contributed by atoms with Crippen LogP contribution in [-0.2, 0) is 0 Å². The highest BCUT2D eigenvalue weighted by molar-refractivity contribution is 8.01. The van der Waals surface area contributed by atoms with Gasteiger partial charge < -0.3 is 4.74 Å². The number of ether oxygens (including phenoxy) is 1. The summed E-state index contributed by atoms with van der Waals surface area (Å²) in [7, 11) is 1.68. The lowest BCUT2D eigenvalue weighted by atomic mass is 9.89. The minimum Gasteiger partial charge on any atom is -0.496 e. The zero-order valence-corrected chi connectivity index (χ0v) is 10.9. The van der Waals surface area contributed by atoms with Gasteiger partial charge in [0.1, 0.15) is 10.5 Å². The number of hydrogen-bond donors (Lipinski definition) is 0. The van der Waals surface area contributed by atoms with Gasteiger partial charge in [0.05, 0.1) is 18.1 Å². The van der Waals surface area contributed by atoms with E-state index in [1.54, 1.807) is 18.9 Å². The van der Waals surface area contributed by atoms with Crippen molar-refractivity contribution in [2.75, 3.05) is 7.11 Å². The summed E-state index contributed by atoms with van der Waals surface area (Å²) in [6.45, 7) is 0. The maximum absolute atomic E-state index is 9.45. The van der Waals surface area contributed by atoms with Gasteiger partial charge in [0.2, 0.25) is 0 Å². The molecule has 0 amide bonds. The van der Waals surface area contributed by atoms with Gasteiger partial charge in [-0.25, -0.2) is 0 Å². The second-order valence-electron chi connectivity index (χ2n) is 4.42. The van der Waals surface area contributed by atoms with E-state index in [0.717, 1.165) is 36.3 Å². The lowest BCUT2D eigenvalue weighted by molar-refractivity contribution is 0.403. The summed E-state index contributed by atoms with van der Waals surface area (Å²) < 4.78 is 5.10. The Morgan fingerprint density at radius 2 is 1.94 bits per heavy atom. The molecule has 2 nitrogen and oxygen atoms in total. The van der Waals surface area contributed by atoms with Gasteiger partial charge in [-0.1, -0.05) is 31.4 Å². The molecule has 3 heteroatoms. The number of methoxy groups -OCH3 is 1. The van der Waals surface area contributed by atoms with Gasteiger partial charge in [-0.05, 0) is 25.0 Å². The molecular weight excluding hydrogens is 230 g/mol. The standard InChI is InChI=1S/C14H17NOS/c1-16-12-7-3-4-8-13(12)17-14(11-15)9-5-2-6-10-14/h3-4,7-8H,2,5-6,9-10H2,1H3. The van der Waals surface area contributed by atoms with Crippen molar-refractivity contribution in [2.45, 2.75) is 41.7 Å². The zero-order valence-electron chi connectivity index (χ0n) is 10.1. The normalized spacial score (nSPS) is 18.4. The lowest BCUT2D eigenvalue weighted by Crippen LogP contribution is -2.25. The fraction of sp³-hybridized carbons (Fsp3) is 0.500. The van der Waals surface area contributed by atoms with Gasteiger partial charge in [-0.15, -0.1) is 11.8 Å². The topological polar surface area (TPSA) is 33.0 Å². The first-order valence-electron chi connectivity index (χ1n) is 6.03. The summed E-state index contributed by atoms with van der Waals surface area (Å²) in [6.07, 6.45) is 5.57. The Morgan fingerprint density at radius 3 is 2.59 bits per heavy atom. The fourth-order valence-corrected chi connectivity index (χ4v) is 3.63. The van der Waals surface area contributed by atoms with Crippen LogP contribution in [0.2, 0.25) is 0 Å². The summed E-state index contributed by atoms with van der Waals surface area (Å²) in [5.41, 5.74) is 0. The molecule has 1 aromatic carbocycles. The third-order valence-electron chi connectivity index (χ3n) is 3.24. The van der Waals surface area contributed by atoms with Crippen molar-refractivity contribution < 1.29 is 4.74 Å². The summed E-state index contributed by atoms with van der Waals surface area (Å²) in [4.78, 5) is 1.08. The number of thioether (sulfide) groups is 1. The van der Waals surface area contributed by atoms with E-state index in [2.05, 4.69) is 6.07 Å². The maximum atomic E-state index is 9.45. The van der Waals surface area contributed by atoms with Crippen LogP contribution >= 0.6 is 11.8 Å². The molecule has 90 valence electrons. The Kier molecular flexibility index (Phi) is 3.96. The fourth-order valence-electron chi connectivity index (χ4n) is 2.27. The Hall–Kier alpha value is -1.14. The molecule has 1 fully saturated rings. The molecule has 0 heterocycles. The van der Waals surface area contributed by atoms with E-state index in [4.69, 9.17) is 4.74 Å². The first-order valence-corrected chi connectivity index (χ1v) is 6.85. The van der Waals surface area contributed by atoms with Crippen LogP contribution in [0.1, 0.15) is 32.1 Å². The molecule has 0 unspecified atom stereocenters. The number of nitriles is 1. The van der Waals surface area contributed by atoms with Gasteiger partial charge in [-0.3, -0.25) is 0 Å². The van der Waals surface area contributed by atoms with Crippen molar-refractivity contribution in [3.05, 3.63) is 24.3 Å². The van der Waals surface area contributed by atoms with E-state index >= 15 is 0 Å². The first-order chi connectivity index (χ1) is 8.29. The Morgan fingerprint density at radius 1 is 1.24 bits per heavy atom. The lowest BCUT2D eigenvalue weighted by Gasteiger charge is -2.30. The summed E-state index contributed by atoms with van der Waals surface area (Å²) >= 11 is 1.68. The molecule has 0 bridgehead atoms. The van der Waals surface area contributed by atoms with Crippen molar-refractivity contribution in [1.29, 1.82) is 5.26 Å². The number of para-hydroxylation sites is 1. The molecule has 17 heavy (non-hydrogen) atoms. The molecule has 2 rings (SSSR count). The highest BCUT2D eigenvalue weighted by Gasteiger charge is 2.33. The summed E-state index contributed by atoms with van der Waals surface area (Å²) in [5.74, 6) is 0.873. The van der Waals surface area contributed by atoms with E-state index in [1.807, 2.05) is 24.3 Å². The monoisotopic (exact) mass is 247 g/mol. The molecular formula is C14H17NOS. The van der Waals surface area contributed by atoms with Crippen LogP contribution in [0.5, 0.6) is 5.75 Å².